The Bertz CT molecular complexity index is 645. The summed E-state index contributed by atoms with van der Waals surface area (Å²) in [6.45, 7) is 1.04. The molecule has 0 fully saturated rings. The quantitative estimate of drug-likeness (QED) is 0.930. The van der Waals surface area contributed by atoms with Crippen LogP contribution in [0.5, 0.6) is 11.5 Å². The number of hydrogen-bond acceptors (Lipinski definition) is 3. The van der Waals surface area contributed by atoms with E-state index in [2.05, 4.69) is 41.7 Å². The van der Waals surface area contributed by atoms with Gasteiger partial charge in [0.15, 0.2) is 11.5 Å². The maximum Gasteiger partial charge on any atom is 0.160 e. The van der Waals surface area contributed by atoms with Crippen molar-refractivity contribution in [1.82, 2.24) is 5.32 Å². The summed E-state index contributed by atoms with van der Waals surface area (Å²) in [6, 6.07) is 15.4. The van der Waals surface area contributed by atoms with Crippen LogP contribution in [0.15, 0.2) is 42.5 Å². The lowest BCUT2D eigenvalue weighted by Crippen LogP contribution is -2.32. The molecule has 1 atom stereocenters. The van der Waals surface area contributed by atoms with Gasteiger partial charge in [0.05, 0.1) is 14.2 Å². The molecule has 1 aliphatic heterocycles. The Morgan fingerprint density at radius 1 is 1.00 bits per heavy atom. The van der Waals surface area contributed by atoms with Gasteiger partial charge in [0, 0.05) is 6.04 Å². The SMILES string of the molecule is COc1ccc(CC2Cc3ccccc3CCN2)cc1OC.Cl. The second kappa shape index (κ2) is 8.23. The molecule has 1 aliphatic rings. The van der Waals surface area contributed by atoms with Crippen molar-refractivity contribution < 1.29 is 9.47 Å². The van der Waals surface area contributed by atoms with Crippen molar-refractivity contribution in [2.24, 2.45) is 0 Å². The Hall–Kier alpha value is -1.71. The number of rotatable bonds is 4. The van der Waals surface area contributed by atoms with Gasteiger partial charge in [-0.3, -0.25) is 0 Å². The van der Waals surface area contributed by atoms with Gasteiger partial charge < -0.3 is 14.8 Å². The predicted molar refractivity (Wildman–Crippen MR) is 96.1 cm³/mol. The molecular formula is C19H24ClNO2. The number of nitrogens with one attached hydrogen (secondary N) is 1. The van der Waals surface area contributed by atoms with Crippen molar-refractivity contribution in [3.63, 3.8) is 0 Å². The van der Waals surface area contributed by atoms with E-state index in [0.29, 0.717) is 6.04 Å². The van der Waals surface area contributed by atoms with Gasteiger partial charge in [-0.15, -0.1) is 12.4 Å². The average molecular weight is 334 g/mol. The van der Waals surface area contributed by atoms with E-state index in [1.54, 1.807) is 14.2 Å². The van der Waals surface area contributed by atoms with Crippen molar-refractivity contribution >= 4 is 12.4 Å². The topological polar surface area (TPSA) is 30.5 Å². The normalized spacial score (nSPS) is 16.7. The third-order valence-electron chi connectivity index (χ3n) is 4.34. The molecule has 0 aliphatic carbocycles. The lowest BCUT2D eigenvalue weighted by atomic mass is 9.97. The number of benzene rings is 2. The van der Waals surface area contributed by atoms with E-state index in [4.69, 9.17) is 9.47 Å². The Morgan fingerprint density at radius 2 is 1.74 bits per heavy atom. The molecule has 3 nitrogen and oxygen atoms in total. The van der Waals surface area contributed by atoms with Crippen LogP contribution in [0, 0.1) is 0 Å². The third kappa shape index (κ3) is 4.18. The smallest absolute Gasteiger partial charge is 0.160 e. The first-order valence-corrected chi connectivity index (χ1v) is 7.81. The molecule has 1 heterocycles. The molecule has 0 saturated heterocycles. The summed E-state index contributed by atoms with van der Waals surface area (Å²) in [4.78, 5) is 0. The molecule has 3 rings (SSSR count). The summed E-state index contributed by atoms with van der Waals surface area (Å²) in [5.41, 5.74) is 4.22. The number of fused-ring (bicyclic) bond motifs is 1. The van der Waals surface area contributed by atoms with Crippen LogP contribution in [0.3, 0.4) is 0 Å². The maximum absolute atomic E-state index is 5.40. The molecule has 2 aromatic rings. The molecule has 4 heteroatoms. The minimum absolute atomic E-state index is 0. The van der Waals surface area contributed by atoms with E-state index in [1.165, 1.54) is 16.7 Å². The fourth-order valence-corrected chi connectivity index (χ4v) is 3.19. The van der Waals surface area contributed by atoms with E-state index < -0.39 is 0 Å². The van der Waals surface area contributed by atoms with Gasteiger partial charge in [-0.05, 0) is 54.6 Å². The van der Waals surface area contributed by atoms with Gasteiger partial charge in [0.2, 0.25) is 0 Å². The summed E-state index contributed by atoms with van der Waals surface area (Å²) in [5.74, 6) is 1.58. The molecule has 0 amide bonds. The van der Waals surface area contributed by atoms with Gasteiger partial charge >= 0.3 is 0 Å². The van der Waals surface area contributed by atoms with Crippen LogP contribution in [0.2, 0.25) is 0 Å². The highest BCUT2D eigenvalue weighted by Gasteiger charge is 2.17. The van der Waals surface area contributed by atoms with E-state index in [-0.39, 0.29) is 12.4 Å². The number of methoxy groups -OCH3 is 2. The molecule has 0 radical (unpaired) electrons. The van der Waals surface area contributed by atoms with E-state index in [0.717, 1.165) is 37.3 Å². The fraction of sp³-hybridized carbons (Fsp3) is 0.368. The molecule has 0 saturated carbocycles. The van der Waals surface area contributed by atoms with Gasteiger partial charge in [-0.1, -0.05) is 30.3 Å². The summed E-state index contributed by atoms with van der Waals surface area (Å²) < 4.78 is 10.7. The number of ether oxygens (including phenoxy) is 2. The first-order chi connectivity index (χ1) is 10.8. The van der Waals surface area contributed by atoms with Crippen LogP contribution in [0.4, 0.5) is 0 Å². The molecule has 1 N–H and O–H groups in total. The summed E-state index contributed by atoms with van der Waals surface area (Å²) in [5, 5.41) is 3.67. The Morgan fingerprint density at radius 3 is 2.48 bits per heavy atom. The highest BCUT2D eigenvalue weighted by molar-refractivity contribution is 5.85. The van der Waals surface area contributed by atoms with Crippen molar-refractivity contribution in [3.05, 3.63) is 59.2 Å². The second-order valence-corrected chi connectivity index (χ2v) is 5.77. The number of hydrogen-bond donors (Lipinski definition) is 1. The van der Waals surface area contributed by atoms with Gasteiger partial charge in [0.25, 0.3) is 0 Å². The molecule has 1 unspecified atom stereocenters. The monoisotopic (exact) mass is 333 g/mol. The molecule has 124 valence electrons. The first kappa shape index (κ1) is 17.6. The van der Waals surface area contributed by atoms with E-state index >= 15 is 0 Å². The highest BCUT2D eigenvalue weighted by Crippen LogP contribution is 2.28. The van der Waals surface area contributed by atoms with Crippen LogP contribution in [0.1, 0.15) is 16.7 Å². The zero-order valence-electron chi connectivity index (χ0n) is 13.7. The largest absolute Gasteiger partial charge is 0.493 e. The summed E-state index contributed by atoms with van der Waals surface area (Å²) >= 11 is 0. The van der Waals surface area contributed by atoms with Crippen molar-refractivity contribution in [1.29, 1.82) is 0 Å². The zero-order chi connectivity index (χ0) is 15.4. The first-order valence-electron chi connectivity index (χ1n) is 7.81. The second-order valence-electron chi connectivity index (χ2n) is 5.77. The highest BCUT2D eigenvalue weighted by atomic mass is 35.5. The molecule has 23 heavy (non-hydrogen) atoms. The van der Waals surface area contributed by atoms with Gasteiger partial charge in [0.1, 0.15) is 0 Å². The van der Waals surface area contributed by atoms with E-state index in [9.17, 15) is 0 Å². The molecular weight excluding hydrogens is 310 g/mol. The van der Waals surface area contributed by atoms with Crippen molar-refractivity contribution in [2.45, 2.75) is 25.3 Å². The van der Waals surface area contributed by atoms with Crippen LogP contribution < -0.4 is 14.8 Å². The van der Waals surface area contributed by atoms with Crippen LogP contribution in [-0.4, -0.2) is 26.8 Å². The van der Waals surface area contributed by atoms with Crippen molar-refractivity contribution in [3.8, 4) is 11.5 Å². The minimum atomic E-state index is 0. The van der Waals surface area contributed by atoms with Crippen LogP contribution in [0.25, 0.3) is 0 Å². The fourth-order valence-electron chi connectivity index (χ4n) is 3.19. The molecule has 0 bridgehead atoms. The third-order valence-corrected chi connectivity index (χ3v) is 4.34. The lowest BCUT2D eigenvalue weighted by molar-refractivity contribution is 0.354. The standard InChI is InChI=1S/C19H23NO2.ClH/c1-21-18-8-7-14(12-19(18)22-2)11-17-13-16-6-4-3-5-15(16)9-10-20-17;/h3-8,12,17,20H,9-11,13H2,1-2H3;1H. The zero-order valence-corrected chi connectivity index (χ0v) is 14.5. The Kier molecular flexibility index (Phi) is 6.31. The minimum Gasteiger partial charge on any atom is -0.493 e. The maximum atomic E-state index is 5.40. The molecule has 0 aromatic heterocycles. The number of halogens is 1. The van der Waals surface area contributed by atoms with Crippen LogP contribution >= 0.6 is 12.4 Å². The molecule has 2 aromatic carbocycles. The lowest BCUT2D eigenvalue weighted by Gasteiger charge is -2.17. The Balaban J connectivity index is 0.00000192. The predicted octanol–water partition coefficient (Wildman–Crippen LogP) is 3.43. The van der Waals surface area contributed by atoms with E-state index in [1.807, 2.05) is 6.07 Å². The summed E-state index contributed by atoms with van der Waals surface area (Å²) in [7, 11) is 3.35. The molecule has 0 spiro atoms. The van der Waals surface area contributed by atoms with Gasteiger partial charge in [-0.25, -0.2) is 0 Å². The Labute approximate surface area is 144 Å². The van der Waals surface area contributed by atoms with Gasteiger partial charge in [-0.2, -0.15) is 0 Å². The average Bonchev–Trinajstić information content (AvgIpc) is 2.76. The van der Waals surface area contributed by atoms with Crippen LogP contribution in [-0.2, 0) is 19.3 Å². The summed E-state index contributed by atoms with van der Waals surface area (Å²) in [6.07, 6.45) is 3.18. The van der Waals surface area contributed by atoms with Crippen molar-refractivity contribution in [2.75, 3.05) is 20.8 Å².